The lowest BCUT2D eigenvalue weighted by Gasteiger charge is -2.37. The normalized spacial score (nSPS) is 31.3. The Bertz CT molecular complexity index is 517. The molecule has 120 valence electrons. The van der Waals surface area contributed by atoms with Gasteiger partial charge in [0.1, 0.15) is 5.69 Å². The summed E-state index contributed by atoms with van der Waals surface area (Å²) in [5.74, 6) is 1.37. The van der Waals surface area contributed by atoms with Gasteiger partial charge in [0.2, 0.25) is 0 Å². The van der Waals surface area contributed by atoms with Gasteiger partial charge >= 0.3 is 0 Å². The van der Waals surface area contributed by atoms with Gasteiger partial charge in [0.15, 0.2) is 0 Å². The molecular weight excluding hydrogens is 300 g/mol. The van der Waals surface area contributed by atoms with E-state index in [1.807, 2.05) is 10.3 Å². The summed E-state index contributed by atoms with van der Waals surface area (Å²) >= 11 is 1.47. The van der Waals surface area contributed by atoms with Crippen LogP contribution in [-0.2, 0) is 9.47 Å². The molecule has 1 aromatic rings. The first-order chi connectivity index (χ1) is 10.8. The minimum Gasteiger partial charge on any atom is -0.381 e. The van der Waals surface area contributed by atoms with Crippen molar-refractivity contribution in [2.24, 2.45) is 11.8 Å². The van der Waals surface area contributed by atoms with Crippen molar-refractivity contribution < 1.29 is 14.3 Å². The molecule has 1 saturated heterocycles. The highest BCUT2D eigenvalue weighted by Crippen LogP contribution is 2.36. The zero-order chi connectivity index (χ0) is 14.9. The molecule has 0 aromatic carbocycles. The summed E-state index contributed by atoms with van der Waals surface area (Å²) in [6.07, 6.45) is 4.83. The van der Waals surface area contributed by atoms with E-state index in [1.54, 1.807) is 5.51 Å². The summed E-state index contributed by atoms with van der Waals surface area (Å²) in [7, 11) is 0. The van der Waals surface area contributed by atoms with Gasteiger partial charge < -0.3 is 14.4 Å². The van der Waals surface area contributed by atoms with E-state index in [0.29, 0.717) is 24.8 Å². The molecule has 1 amide bonds. The number of hydrogen-bond acceptors (Lipinski definition) is 5. The Morgan fingerprint density at radius 1 is 1.36 bits per heavy atom. The molecule has 1 aromatic heterocycles. The predicted octanol–water partition coefficient (Wildman–Crippen LogP) is 2.19. The number of aromatic nitrogens is 1. The largest absolute Gasteiger partial charge is 0.381 e. The summed E-state index contributed by atoms with van der Waals surface area (Å²) in [5.41, 5.74) is 2.29. The number of carbonyl (C=O) groups is 1. The van der Waals surface area contributed by atoms with Gasteiger partial charge in [-0.3, -0.25) is 4.79 Å². The molecule has 0 bridgehead atoms. The lowest BCUT2D eigenvalue weighted by molar-refractivity contribution is -0.0451. The maximum atomic E-state index is 12.6. The molecule has 2 heterocycles. The fourth-order valence-electron chi connectivity index (χ4n) is 3.59. The Morgan fingerprint density at radius 2 is 2.23 bits per heavy atom. The van der Waals surface area contributed by atoms with E-state index in [0.717, 1.165) is 32.0 Å². The minimum absolute atomic E-state index is 0.0547. The van der Waals surface area contributed by atoms with Crippen LogP contribution in [0.4, 0.5) is 0 Å². The first kappa shape index (κ1) is 14.6. The van der Waals surface area contributed by atoms with Gasteiger partial charge in [0.05, 0.1) is 24.3 Å². The van der Waals surface area contributed by atoms with E-state index < -0.39 is 0 Å². The van der Waals surface area contributed by atoms with Crippen LogP contribution in [0.15, 0.2) is 10.9 Å². The Hall–Kier alpha value is -0.980. The maximum Gasteiger partial charge on any atom is 0.273 e. The predicted molar refractivity (Wildman–Crippen MR) is 82.9 cm³/mol. The zero-order valence-electron chi connectivity index (χ0n) is 12.6. The third-order valence-electron chi connectivity index (χ3n) is 4.95. The molecule has 0 unspecified atom stereocenters. The molecule has 0 spiro atoms. The van der Waals surface area contributed by atoms with Gasteiger partial charge in [-0.1, -0.05) is 0 Å². The van der Waals surface area contributed by atoms with Gasteiger partial charge in [0.25, 0.3) is 5.91 Å². The average molecular weight is 322 g/mol. The van der Waals surface area contributed by atoms with Crippen LogP contribution in [0, 0.1) is 11.8 Å². The molecule has 0 radical (unpaired) electrons. The van der Waals surface area contributed by atoms with Crippen molar-refractivity contribution in [2.75, 3.05) is 26.4 Å². The summed E-state index contributed by atoms with van der Waals surface area (Å²) < 4.78 is 11.7. The van der Waals surface area contributed by atoms with Crippen LogP contribution in [0.5, 0.6) is 0 Å². The lowest BCUT2D eigenvalue weighted by atomic mass is 10.1. The van der Waals surface area contributed by atoms with Crippen LogP contribution >= 0.6 is 11.3 Å². The third-order valence-corrected chi connectivity index (χ3v) is 5.54. The fourth-order valence-corrected chi connectivity index (χ4v) is 4.12. The molecule has 6 heteroatoms. The van der Waals surface area contributed by atoms with Crippen molar-refractivity contribution in [3.05, 3.63) is 16.6 Å². The van der Waals surface area contributed by atoms with Crippen LogP contribution in [0.2, 0.25) is 0 Å². The zero-order valence-corrected chi connectivity index (χ0v) is 13.5. The van der Waals surface area contributed by atoms with Crippen molar-refractivity contribution in [3.8, 4) is 0 Å². The van der Waals surface area contributed by atoms with Crippen LogP contribution in [-0.4, -0.2) is 54.3 Å². The monoisotopic (exact) mass is 322 g/mol. The van der Waals surface area contributed by atoms with E-state index >= 15 is 0 Å². The molecule has 3 aliphatic rings. The van der Waals surface area contributed by atoms with E-state index in [4.69, 9.17) is 9.47 Å². The standard InChI is InChI=1S/C16H22N2O3S/c19-16(13-9-22-10-17-13)18-3-4-21-15-6-12(5-14(15)18)8-20-7-11-1-2-11/h9-12,14-15H,1-8H2/t12-,14+,15+/m0/s1. The number of rotatable bonds is 5. The SMILES string of the molecule is O=C(c1cscn1)N1CCO[C@@H]2C[C@@H](COCC3CC3)C[C@H]21. The highest BCUT2D eigenvalue weighted by atomic mass is 32.1. The second kappa shape index (κ2) is 6.26. The highest BCUT2D eigenvalue weighted by molar-refractivity contribution is 7.07. The Balaban J connectivity index is 1.36. The van der Waals surface area contributed by atoms with Gasteiger partial charge in [0, 0.05) is 25.1 Å². The van der Waals surface area contributed by atoms with Crippen LogP contribution < -0.4 is 0 Å². The van der Waals surface area contributed by atoms with Crippen molar-refractivity contribution in [2.45, 2.75) is 37.8 Å². The molecule has 0 N–H and O–H groups in total. The van der Waals surface area contributed by atoms with E-state index in [-0.39, 0.29) is 18.1 Å². The van der Waals surface area contributed by atoms with Crippen LogP contribution in [0.3, 0.4) is 0 Å². The number of morpholine rings is 1. The first-order valence-corrected chi connectivity index (χ1v) is 9.14. The molecule has 3 atom stereocenters. The Labute approximate surface area is 134 Å². The number of nitrogens with zero attached hydrogens (tertiary/aromatic N) is 2. The maximum absolute atomic E-state index is 12.6. The van der Waals surface area contributed by atoms with Gasteiger partial charge in [-0.15, -0.1) is 11.3 Å². The van der Waals surface area contributed by atoms with Crippen LogP contribution in [0.25, 0.3) is 0 Å². The van der Waals surface area contributed by atoms with Crippen molar-refractivity contribution in [1.82, 2.24) is 9.88 Å². The molecule has 1 aliphatic heterocycles. The summed E-state index contributed by atoms with van der Waals surface area (Å²) in [4.78, 5) is 18.7. The molecule has 2 saturated carbocycles. The second-order valence-corrected chi connectivity index (χ2v) is 7.39. The lowest BCUT2D eigenvalue weighted by Crippen LogP contribution is -2.51. The van der Waals surface area contributed by atoms with E-state index in [2.05, 4.69) is 4.98 Å². The molecule has 5 nitrogen and oxygen atoms in total. The van der Waals surface area contributed by atoms with Gasteiger partial charge in [-0.25, -0.2) is 4.98 Å². The smallest absolute Gasteiger partial charge is 0.273 e. The highest BCUT2D eigenvalue weighted by Gasteiger charge is 2.43. The minimum atomic E-state index is 0.0547. The van der Waals surface area contributed by atoms with Crippen molar-refractivity contribution in [3.63, 3.8) is 0 Å². The number of thiazole rings is 1. The molecule has 3 fully saturated rings. The molecule has 4 rings (SSSR count). The molecule has 2 aliphatic carbocycles. The second-order valence-electron chi connectivity index (χ2n) is 6.67. The Morgan fingerprint density at radius 3 is 3.00 bits per heavy atom. The van der Waals surface area contributed by atoms with Gasteiger partial charge in [-0.2, -0.15) is 0 Å². The molecular formula is C16H22N2O3S. The summed E-state index contributed by atoms with van der Waals surface area (Å²) in [5, 5.41) is 1.83. The molecule has 22 heavy (non-hydrogen) atoms. The fraction of sp³-hybridized carbons (Fsp3) is 0.750. The number of carbonyl (C=O) groups excluding carboxylic acids is 1. The van der Waals surface area contributed by atoms with Crippen molar-refractivity contribution >= 4 is 17.2 Å². The Kier molecular flexibility index (Phi) is 4.15. The van der Waals surface area contributed by atoms with Crippen molar-refractivity contribution in [1.29, 1.82) is 0 Å². The average Bonchev–Trinajstić information content (AvgIpc) is 3.04. The first-order valence-electron chi connectivity index (χ1n) is 8.20. The van der Waals surface area contributed by atoms with E-state index in [9.17, 15) is 4.79 Å². The van der Waals surface area contributed by atoms with Gasteiger partial charge in [-0.05, 0) is 37.5 Å². The topological polar surface area (TPSA) is 51.7 Å². The summed E-state index contributed by atoms with van der Waals surface area (Å²) in [6, 6.07) is 0.192. The van der Waals surface area contributed by atoms with Crippen LogP contribution in [0.1, 0.15) is 36.2 Å². The quantitative estimate of drug-likeness (QED) is 0.834. The number of amides is 1. The van der Waals surface area contributed by atoms with E-state index in [1.165, 1.54) is 24.2 Å². The third kappa shape index (κ3) is 3.05. The summed E-state index contributed by atoms with van der Waals surface area (Å²) in [6.45, 7) is 3.03. The number of ether oxygens (including phenoxy) is 2. The number of hydrogen-bond donors (Lipinski definition) is 0. The number of fused-ring (bicyclic) bond motifs is 1.